The molecule has 7 nitrogen and oxygen atoms in total. The van der Waals surface area contributed by atoms with E-state index in [1.165, 1.54) is 0 Å². The first kappa shape index (κ1) is 9.90. The van der Waals surface area contributed by atoms with Gasteiger partial charge in [-0.3, -0.25) is 9.59 Å². The lowest BCUT2D eigenvalue weighted by Crippen LogP contribution is -2.41. The van der Waals surface area contributed by atoms with E-state index in [2.05, 4.69) is 4.74 Å². The van der Waals surface area contributed by atoms with E-state index < -0.39 is 35.4 Å². The van der Waals surface area contributed by atoms with E-state index in [1.54, 1.807) is 0 Å². The number of Topliss-reactive ketones (excluding diaryl/α,β-unsaturated/α-hetero) is 1. The molecule has 2 N–H and O–H groups in total. The first-order valence-electron chi connectivity index (χ1n) is 3.36. The highest BCUT2D eigenvalue weighted by Crippen LogP contribution is 2.12. The lowest BCUT2D eigenvalue weighted by atomic mass is 10.1. The van der Waals surface area contributed by atoms with E-state index in [0.29, 0.717) is 6.08 Å². The molecule has 0 radical (unpaired) electrons. The van der Waals surface area contributed by atoms with Crippen molar-refractivity contribution in [1.29, 1.82) is 0 Å². The second kappa shape index (κ2) is 3.29. The molecule has 1 heterocycles. The third-order valence-electron chi connectivity index (χ3n) is 1.42. The predicted molar refractivity (Wildman–Crippen MR) is 38.2 cm³/mol. The summed E-state index contributed by atoms with van der Waals surface area (Å²) >= 11 is 0. The number of carbonyl (C=O) groups is 4. The molecule has 0 aromatic carbocycles. The van der Waals surface area contributed by atoms with Crippen LogP contribution in [0.5, 0.6) is 0 Å². The van der Waals surface area contributed by atoms with E-state index in [1.807, 2.05) is 0 Å². The van der Waals surface area contributed by atoms with Crippen LogP contribution in [0, 0.1) is 0 Å². The first-order chi connectivity index (χ1) is 6.43. The van der Waals surface area contributed by atoms with Gasteiger partial charge in [-0.25, -0.2) is 9.59 Å². The summed E-state index contributed by atoms with van der Waals surface area (Å²) in [5, 5.41) is 16.8. The Kier molecular flexibility index (Phi) is 2.32. The number of aliphatic carboxylic acids is 2. The molecule has 0 amide bonds. The second-order valence-electron chi connectivity index (χ2n) is 2.38. The molecule has 1 rings (SSSR count). The van der Waals surface area contributed by atoms with E-state index >= 15 is 0 Å². The Morgan fingerprint density at radius 1 is 1.29 bits per heavy atom. The third-order valence-corrected chi connectivity index (χ3v) is 1.42. The molecular formula is C7H4O7. The molecular weight excluding hydrogens is 196 g/mol. The Labute approximate surface area is 76.6 Å². The van der Waals surface area contributed by atoms with E-state index in [-0.39, 0.29) is 0 Å². The number of ketones is 2. The molecule has 0 saturated heterocycles. The van der Waals surface area contributed by atoms with Crippen molar-refractivity contribution in [3.8, 4) is 0 Å². The fraction of sp³-hybridized carbons (Fsp3) is 0.143. The smallest absolute Gasteiger partial charge is 0.371 e. The molecule has 7 heteroatoms. The van der Waals surface area contributed by atoms with Crippen molar-refractivity contribution >= 4 is 23.5 Å². The van der Waals surface area contributed by atoms with Crippen LogP contribution < -0.4 is 0 Å². The van der Waals surface area contributed by atoms with Crippen LogP contribution >= 0.6 is 0 Å². The van der Waals surface area contributed by atoms with Crippen molar-refractivity contribution < 1.29 is 34.1 Å². The molecule has 0 aliphatic carbocycles. The second-order valence-corrected chi connectivity index (χ2v) is 2.38. The summed E-state index contributed by atoms with van der Waals surface area (Å²) in [6.45, 7) is 0. The van der Waals surface area contributed by atoms with Gasteiger partial charge in [-0.1, -0.05) is 0 Å². The molecule has 0 spiro atoms. The van der Waals surface area contributed by atoms with E-state index in [9.17, 15) is 19.2 Å². The Bertz CT molecular complexity index is 364. The summed E-state index contributed by atoms with van der Waals surface area (Å²) in [6.07, 6.45) is -1.61. The van der Waals surface area contributed by atoms with Gasteiger partial charge in [0.2, 0.25) is 11.5 Å². The Morgan fingerprint density at radius 2 is 1.86 bits per heavy atom. The van der Waals surface area contributed by atoms with Gasteiger partial charge in [0.05, 0.1) is 0 Å². The number of hydrogen-bond donors (Lipinski definition) is 2. The van der Waals surface area contributed by atoms with Crippen molar-refractivity contribution in [3.05, 3.63) is 11.8 Å². The van der Waals surface area contributed by atoms with Crippen molar-refractivity contribution in [3.63, 3.8) is 0 Å². The molecule has 1 atom stereocenters. The van der Waals surface area contributed by atoms with Gasteiger partial charge in [-0.15, -0.1) is 0 Å². The highest BCUT2D eigenvalue weighted by Gasteiger charge is 2.38. The molecule has 1 aliphatic heterocycles. The van der Waals surface area contributed by atoms with Crippen LogP contribution in [-0.2, 0) is 23.9 Å². The number of carboxylic acid groups (broad SMARTS) is 2. The summed E-state index contributed by atoms with van der Waals surface area (Å²) in [5.41, 5.74) is 0. The molecule has 1 unspecified atom stereocenters. The Hall–Kier alpha value is -2.18. The Morgan fingerprint density at radius 3 is 2.29 bits per heavy atom. The van der Waals surface area contributed by atoms with Gasteiger partial charge in [0.1, 0.15) is 0 Å². The topological polar surface area (TPSA) is 118 Å². The number of carboxylic acids is 2. The van der Waals surface area contributed by atoms with Gasteiger partial charge in [-0.05, 0) is 0 Å². The summed E-state index contributed by atoms with van der Waals surface area (Å²) in [5.74, 6) is -6.63. The minimum absolute atomic E-state index is 0.449. The molecule has 0 bridgehead atoms. The molecule has 0 fully saturated rings. The molecule has 14 heavy (non-hydrogen) atoms. The van der Waals surface area contributed by atoms with Gasteiger partial charge in [0, 0.05) is 6.08 Å². The zero-order valence-corrected chi connectivity index (χ0v) is 6.59. The van der Waals surface area contributed by atoms with Crippen LogP contribution in [0.3, 0.4) is 0 Å². The van der Waals surface area contributed by atoms with Crippen molar-refractivity contribution in [2.45, 2.75) is 6.10 Å². The maximum atomic E-state index is 10.8. The van der Waals surface area contributed by atoms with Gasteiger partial charge in [0.15, 0.2) is 0 Å². The normalized spacial score (nSPS) is 21.1. The third kappa shape index (κ3) is 1.60. The minimum Gasteiger partial charge on any atom is -0.478 e. The molecule has 0 aromatic heterocycles. The number of rotatable bonds is 2. The first-order valence-corrected chi connectivity index (χ1v) is 3.36. The zero-order valence-electron chi connectivity index (χ0n) is 6.59. The summed E-state index contributed by atoms with van der Waals surface area (Å²) in [7, 11) is 0. The Balaban J connectivity index is 3.05. The quantitative estimate of drug-likeness (QED) is 0.414. The van der Waals surface area contributed by atoms with Gasteiger partial charge in [-0.2, -0.15) is 0 Å². The van der Waals surface area contributed by atoms with Crippen LogP contribution in [0.2, 0.25) is 0 Å². The maximum Gasteiger partial charge on any atom is 0.371 e. The highest BCUT2D eigenvalue weighted by molar-refractivity contribution is 6.47. The fourth-order valence-corrected chi connectivity index (χ4v) is 0.809. The van der Waals surface area contributed by atoms with Crippen molar-refractivity contribution in [1.82, 2.24) is 0 Å². The van der Waals surface area contributed by atoms with Gasteiger partial charge >= 0.3 is 11.9 Å². The molecule has 0 aromatic rings. The molecule has 0 saturated carbocycles. The van der Waals surface area contributed by atoms with Crippen LogP contribution in [0.25, 0.3) is 0 Å². The summed E-state index contributed by atoms with van der Waals surface area (Å²) in [4.78, 5) is 42.3. The average molecular weight is 200 g/mol. The predicted octanol–water partition coefficient (Wildman–Crippen LogP) is -1.42. The van der Waals surface area contributed by atoms with Crippen molar-refractivity contribution in [2.75, 3.05) is 0 Å². The fourth-order valence-electron chi connectivity index (χ4n) is 0.809. The van der Waals surface area contributed by atoms with Gasteiger partial charge < -0.3 is 14.9 Å². The van der Waals surface area contributed by atoms with Crippen LogP contribution in [-0.4, -0.2) is 39.8 Å². The van der Waals surface area contributed by atoms with E-state index in [4.69, 9.17) is 10.2 Å². The van der Waals surface area contributed by atoms with Crippen LogP contribution in [0.15, 0.2) is 11.8 Å². The van der Waals surface area contributed by atoms with Crippen LogP contribution in [0.4, 0.5) is 0 Å². The van der Waals surface area contributed by atoms with Crippen LogP contribution in [0.1, 0.15) is 0 Å². The summed E-state index contributed by atoms with van der Waals surface area (Å²) in [6, 6.07) is 0. The summed E-state index contributed by atoms with van der Waals surface area (Å²) < 4.78 is 4.28. The minimum atomic E-state index is -2.06. The van der Waals surface area contributed by atoms with Gasteiger partial charge in [0.25, 0.3) is 11.9 Å². The lowest BCUT2D eigenvalue weighted by Gasteiger charge is -2.16. The molecule has 1 aliphatic rings. The number of hydrogen-bond acceptors (Lipinski definition) is 5. The monoisotopic (exact) mass is 200 g/mol. The number of carbonyl (C=O) groups excluding carboxylic acids is 2. The maximum absolute atomic E-state index is 10.8. The van der Waals surface area contributed by atoms with E-state index in [0.717, 1.165) is 0 Å². The molecule has 74 valence electrons. The van der Waals surface area contributed by atoms with Crippen molar-refractivity contribution in [2.24, 2.45) is 0 Å². The largest absolute Gasteiger partial charge is 0.478 e. The standard InChI is InChI=1S/C7H4O7/c8-2-1-3(6(10)11)14-5(4(2)9)7(12)13/h1,5H,(H,10,11)(H,12,13). The number of allylic oxidation sites excluding steroid dienone is 1. The SMILES string of the molecule is O=C(O)C1=CC(=O)C(=O)C(C(=O)O)O1. The number of ether oxygens (including phenoxy) is 1. The zero-order chi connectivity index (χ0) is 10.9. The average Bonchev–Trinajstić information content (AvgIpc) is 2.08. The highest BCUT2D eigenvalue weighted by atomic mass is 16.5. The lowest BCUT2D eigenvalue weighted by molar-refractivity contribution is -0.159.